The van der Waals surface area contributed by atoms with Crippen molar-refractivity contribution in [1.82, 2.24) is 5.32 Å². The topological polar surface area (TPSA) is 42.2 Å². The fourth-order valence-corrected chi connectivity index (χ4v) is 2.33. The van der Waals surface area contributed by atoms with Crippen molar-refractivity contribution >= 4 is 0 Å². The van der Waals surface area contributed by atoms with Crippen molar-refractivity contribution in [3.05, 3.63) is 29.8 Å². The molecular formula is C14H21NO. The van der Waals surface area contributed by atoms with Gasteiger partial charge >= 0.3 is 0 Å². The van der Waals surface area contributed by atoms with Crippen LogP contribution in [0.4, 0.5) is 0 Å². The van der Waals surface area contributed by atoms with E-state index in [0.717, 1.165) is 6.54 Å². The molecule has 1 saturated heterocycles. The quantitative estimate of drug-likeness (QED) is 0.765. The number of nitrogens with one attached hydrogen (secondary N) is 1. The van der Waals surface area contributed by atoms with Crippen molar-refractivity contribution in [2.24, 2.45) is 5.92 Å². The first-order chi connectivity index (χ1) is 7.51. The molecule has 1 aliphatic heterocycles. The molecule has 2 unspecified atom stereocenters. The number of phenols is 1. The molecule has 1 fully saturated rings. The predicted octanol–water partition coefficient (Wildman–Crippen LogP) is 2.88. The van der Waals surface area contributed by atoms with E-state index < -0.39 is 0 Å². The molecule has 0 aliphatic carbocycles. The van der Waals surface area contributed by atoms with E-state index in [4.69, 9.17) is 0 Å². The molecule has 1 aromatic rings. The van der Waals surface area contributed by atoms with E-state index in [1.165, 1.54) is 12.0 Å². The maximum atomic E-state index is 9.32. The highest BCUT2D eigenvalue weighted by atomic mass is 16.3. The standard InChI is InChI=1S/C14H21NO/c1-10(2)8-13(14(3)9-15-14)11-4-6-12(16)7-5-11/h4-7,10,13,15-16H,8-9H2,1-3H3. The van der Waals surface area contributed by atoms with Gasteiger partial charge in [0, 0.05) is 18.0 Å². The van der Waals surface area contributed by atoms with E-state index in [0.29, 0.717) is 17.6 Å². The van der Waals surface area contributed by atoms with Crippen LogP contribution in [0.5, 0.6) is 5.75 Å². The van der Waals surface area contributed by atoms with Gasteiger partial charge in [0.1, 0.15) is 5.75 Å². The van der Waals surface area contributed by atoms with Crippen LogP contribution in [0.2, 0.25) is 0 Å². The summed E-state index contributed by atoms with van der Waals surface area (Å²) in [7, 11) is 0. The van der Waals surface area contributed by atoms with Crippen molar-refractivity contribution < 1.29 is 5.11 Å². The normalized spacial score (nSPS) is 25.8. The number of aromatic hydroxyl groups is 1. The smallest absolute Gasteiger partial charge is 0.115 e. The number of hydrogen-bond acceptors (Lipinski definition) is 2. The van der Waals surface area contributed by atoms with Crippen molar-refractivity contribution in [3.63, 3.8) is 0 Å². The lowest BCUT2D eigenvalue weighted by Crippen LogP contribution is -2.23. The molecule has 2 heteroatoms. The molecule has 0 aromatic heterocycles. The Hall–Kier alpha value is -1.02. The molecular weight excluding hydrogens is 198 g/mol. The maximum Gasteiger partial charge on any atom is 0.115 e. The lowest BCUT2D eigenvalue weighted by Gasteiger charge is -2.24. The Balaban J connectivity index is 2.21. The highest BCUT2D eigenvalue weighted by Gasteiger charge is 2.44. The zero-order chi connectivity index (χ0) is 11.8. The number of rotatable bonds is 4. The second-order valence-electron chi connectivity index (χ2n) is 5.54. The summed E-state index contributed by atoms with van der Waals surface area (Å²) in [4.78, 5) is 0. The third-order valence-electron chi connectivity index (χ3n) is 3.51. The van der Waals surface area contributed by atoms with Gasteiger partial charge in [-0.15, -0.1) is 0 Å². The molecule has 0 saturated carbocycles. The van der Waals surface area contributed by atoms with Gasteiger partial charge in [0.05, 0.1) is 0 Å². The van der Waals surface area contributed by atoms with Crippen LogP contribution in [0.1, 0.15) is 38.7 Å². The molecule has 1 aromatic carbocycles. The van der Waals surface area contributed by atoms with Crippen LogP contribution in [0.3, 0.4) is 0 Å². The van der Waals surface area contributed by atoms with Crippen LogP contribution < -0.4 is 5.32 Å². The van der Waals surface area contributed by atoms with Gasteiger partial charge in [-0.3, -0.25) is 0 Å². The zero-order valence-corrected chi connectivity index (χ0v) is 10.3. The van der Waals surface area contributed by atoms with Crippen molar-refractivity contribution in [1.29, 1.82) is 0 Å². The van der Waals surface area contributed by atoms with Gasteiger partial charge in [-0.2, -0.15) is 0 Å². The average molecular weight is 219 g/mol. The molecule has 2 N–H and O–H groups in total. The van der Waals surface area contributed by atoms with Gasteiger partial charge in [-0.25, -0.2) is 0 Å². The second-order valence-corrected chi connectivity index (χ2v) is 5.54. The monoisotopic (exact) mass is 219 g/mol. The molecule has 1 heterocycles. The summed E-state index contributed by atoms with van der Waals surface area (Å²) in [5.74, 6) is 1.59. The van der Waals surface area contributed by atoms with E-state index in [1.54, 1.807) is 12.1 Å². The summed E-state index contributed by atoms with van der Waals surface area (Å²) in [6.45, 7) is 7.91. The third kappa shape index (κ3) is 2.38. The van der Waals surface area contributed by atoms with Crippen LogP contribution >= 0.6 is 0 Å². The molecule has 88 valence electrons. The largest absolute Gasteiger partial charge is 0.508 e. The number of benzene rings is 1. The fourth-order valence-electron chi connectivity index (χ4n) is 2.33. The van der Waals surface area contributed by atoms with Crippen molar-refractivity contribution in [2.75, 3.05) is 6.54 Å². The molecule has 2 rings (SSSR count). The SMILES string of the molecule is CC(C)CC(c1ccc(O)cc1)C1(C)CN1. The Bertz CT molecular complexity index is 352. The van der Waals surface area contributed by atoms with Crippen LogP contribution in [0.15, 0.2) is 24.3 Å². The van der Waals surface area contributed by atoms with Gasteiger partial charge in [0.15, 0.2) is 0 Å². The van der Waals surface area contributed by atoms with E-state index >= 15 is 0 Å². The Kier molecular flexibility index (Phi) is 2.94. The molecule has 2 atom stereocenters. The second kappa shape index (κ2) is 4.10. The van der Waals surface area contributed by atoms with Gasteiger partial charge in [-0.05, 0) is 37.0 Å². The summed E-state index contributed by atoms with van der Waals surface area (Å²) < 4.78 is 0. The summed E-state index contributed by atoms with van der Waals surface area (Å²) in [5, 5.41) is 12.8. The minimum absolute atomic E-state index is 0.265. The van der Waals surface area contributed by atoms with Crippen LogP contribution in [-0.4, -0.2) is 17.2 Å². The minimum atomic E-state index is 0.265. The maximum absolute atomic E-state index is 9.32. The first-order valence-corrected chi connectivity index (χ1v) is 6.05. The van der Waals surface area contributed by atoms with Gasteiger partial charge in [0.2, 0.25) is 0 Å². The van der Waals surface area contributed by atoms with E-state index in [-0.39, 0.29) is 5.54 Å². The van der Waals surface area contributed by atoms with Crippen LogP contribution in [0.25, 0.3) is 0 Å². The molecule has 16 heavy (non-hydrogen) atoms. The van der Waals surface area contributed by atoms with Crippen LogP contribution in [0, 0.1) is 5.92 Å². The molecule has 1 aliphatic rings. The van der Waals surface area contributed by atoms with E-state index in [1.807, 2.05) is 12.1 Å². The number of hydrogen-bond donors (Lipinski definition) is 2. The number of phenolic OH excluding ortho intramolecular Hbond substituents is 1. The zero-order valence-electron chi connectivity index (χ0n) is 10.3. The Morgan fingerprint density at radius 3 is 2.31 bits per heavy atom. The summed E-state index contributed by atoms with van der Waals surface area (Å²) in [5.41, 5.74) is 1.60. The first-order valence-electron chi connectivity index (χ1n) is 6.05. The van der Waals surface area contributed by atoms with Crippen molar-refractivity contribution in [2.45, 2.75) is 38.6 Å². The highest BCUT2D eigenvalue weighted by Crippen LogP contribution is 2.39. The van der Waals surface area contributed by atoms with Crippen molar-refractivity contribution in [3.8, 4) is 5.75 Å². The molecule has 2 nitrogen and oxygen atoms in total. The molecule has 0 radical (unpaired) electrons. The lowest BCUT2D eigenvalue weighted by molar-refractivity contribution is 0.427. The Labute approximate surface area is 97.7 Å². The van der Waals surface area contributed by atoms with Crippen LogP contribution in [-0.2, 0) is 0 Å². The van der Waals surface area contributed by atoms with Gasteiger partial charge in [0.25, 0.3) is 0 Å². The average Bonchev–Trinajstić information content (AvgIpc) is 2.95. The summed E-state index contributed by atoms with van der Waals surface area (Å²) in [6, 6.07) is 7.67. The predicted molar refractivity (Wildman–Crippen MR) is 66.7 cm³/mol. The Morgan fingerprint density at radius 1 is 1.31 bits per heavy atom. The highest BCUT2D eigenvalue weighted by molar-refractivity contribution is 5.32. The van der Waals surface area contributed by atoms with Gasteiger partial charge in [-0.1, -0.05) is 26.0 Å². The fraction of sp³-hybridized carbons (Fsp3) is 0.571. The third-order valence-corrected chi connectivity index (χ3v) is 3.51. The lowest BCUT2D eigenvalue weighted by atomic mass is 9.81. The first kappa shape index (κ1) is 11.5. The van der Waals surface area contributed by atoms with E-state index in [9.17, 15) is 5.11 Å². The molecule has 0 bridgehead atoms. The molecule has 0 amide bonds. The van der Waals surface area contributed by atoms with E-state index in [2.05, 4.69) is 26.1 Å². The minimum Gasteiger partial charge on any atom is -0.508 e. The Morgan fingerprint density at radius 2 is 1.88 bits per heavy atom. The summed E-state index contributed by atoms with van der Waals surface area (Å²) in [6.07, 6.45) is 1.19. The van der Waals surface area contributed by atoms with Gasteiger partial charge < -0.3 is 10.4 Å². The molecule has 0 spiro atoms. The summed E-state index contributed by atoms with van der Waals surface area (Å²) >= 11 is 0.